The largest absolute Gasteiger partial charge is 0.456 e. The molecule has 51 heavy (non-hydrogen) atoms. The van der Waals surface area contributed by atoms with Gasteiger partial charge in [-0.1, -0.05) is 134 Å². The third-order valence-electron chi connectivity index (χ3n) is 9.57. The number of aromatic nitrogens is 1. The Balaban J connectivity index is 1.13. The molecule has 0 unspecified atom stereocenters. The Morgan fingerprint density at radius 3 is 1.86 bits per heavy atom. The monoisotopic (exact) mass is 655 g/mol. The maximum absolute atomic E-state index is 6.60. The van der Waals surface area contributed by atoms with Gasteiger partial charge in [-0.3, -0.25) is 0 Å². The molecule has 4 heteroatoms. The summed E-state index contributed by atoms with van der Waals surface area (Å²) in [5.74, 6) is 0.609. The van der Waals surface area contributed by atoms with Crippen molar-refractivity contribution in [3.05, 3.63) is 193 Å². The quantitative estimate of drug-likeness (QED) is 0.130. The van der Waals surface area contributed by atoms with Crippen molar-refractivity contribution in [1.82, 2.24) is 4.57 Å². The van der Waals surface area contributed by atoms with Gasteiger partial charge in [-0.15, -0.1) is 0 Å². The summed E-state index contributed by atoms with van der Waals surface area (Å²) in [4.78, 5) is 9.93. The van der Waals surface area contributed by atoms with E-state index in [4.69, 9.17) is 14.4 Å². The normalized spacial score (nSPS) is 12.3. The van der Waals surface area contributed by atoms with E-state index in [9.17, 15) is 0 Å². The van der Waals surface area contributed by atoms with E-state index in [2.05, 4.69) is 120 Å². The molecule has 0 atom stereocenters. The minimum absolute atomic E-state index is 0.609. The minimum atomic E-state index is 0.609. The van der Waals surface area contributed by atoms with Crippen LogP contribution >= 0.6 is 0 Å². The molecule has 0 spiro atoms. The van der Waals surface area contributed by atoms with Crippen LogP contribution in [0.2, 0.25) is 0 Å². The van der Waals surface area contributed by atoms with Crippen LogP contribution in [0.3, 0.4) is 0 Å². The Hall–Kier alpha value is -6.78. The smallest absolute Gasteiger partial charge is 0.160 e. The van der Waals surface area contributed by atoms with Gasteiger partial charge in [0.25, 0.3) is 0 Å². The number of furan rings is 1. The van der Waals surface area contributed by atoms with Gasteiger partial charge in [-0.25, -0.2) is 9.98 Å². The lowest BCUT2D eigenvalue weighted by Crippen LogP contribution is -2.04. The summed E-state index contributed by atoms with van der Waals surface area (Å²) in [6, 6.07) is 58.8. The van der Waals surface area contributed by atoms with Crippen molar-refractivity contribution in [3.8, 4) is 16.8 Å². The SMILES string of the molecule is C=C(N=C(N=C(C)c1ccc2c(c1)oc1cc(-n3c4ccccc4c4ccc(-c5ccccc5)cc43)ccc12)c1ccccc1)c1ccccc1. The number of aliphatic imine (C=N–C) groups is 2. The van der Waals surface area contributed by atoms with E-state index < -0.39 is 0 Å². The third kappa shape index (κ3) is 5.53. The predicted octanol–water partition coefficient (Wildman–Crippen LogP) is 12.3. The van der Waals surface area contributed by atoms with Crippen LogP contribution in [0.4, 0.5) is 0 Å². The average molecular weight is 656 g/mol. The summed E-state index contributed by atoms with van der Waals surface area (Å²) in [6.45, 7) is 6.25. The molecule has 0 aliphatic heterocycles. The maximum Gasteiger partial charge on any atom is 0.160 e. The Morgan fingerprint density at radius 2 is 1.10 bits per heavy atom. The molecule has 0 saturated heterocycles. The van der Waals surface area contributed by atoms with Crippen molar-refractivity contribution in [3.63, 3.8) is 0 Å². The van der Waals surface area contributed by atoms with E-state index >= 15 is 0 Å². The molecule has 0 amide bonds. The molecular weight excluding hydrogens is 623 g/mol. The van der Waals surface area contributed by atoms with E-state index in [1.807, 2.05) is 67.6 Å². The van der Waals surface area contributed by atoms with Gasteiger partial charge in [0, 0.05) is 44.6 Å². The van der Waals surface area contributed by atoms with E-state index in [1.54, 1.807) is 0 Å². The van der Waals surface area contributed by atoms with Crippen molar-refractivity contribution in [2.45, 2.75) is 6.92 Å². The van der Waals surface area contributed by atoms with Crippen molar-refractivity contribution in [2.24, 2.45) is 9.98 Å². The molecule has 0 bridgehead atoms. The Bertz CT molecular complexity index is 2800. The van der Waals surface area contributed by atoms with E-state index in [0.29, 0.717) is 11.5 Å². The van der Waals surface area contributed by atoms with Crippen LogP contribution in [0, 0.1) is 0 Å². The highest BCUT2D eigenvalue weighted by Gasteiger charge is 2.16. The lowest BCUT2D eigenvalue weighted by atomic mass is 10.0. The molecule has 7 aromatic carbocycles. The Morgan fingerprint density at radius 1 is 0.490 bits per heavy atom. The van der Waals surface area contributed by atoms with Crippen molar-refractivity contribution < 1.29 is 4.42 Å². The van der Waals surface area contributed by atoms with Crippen LogP contribution in [0.5, 0.6) is 0 Å². The second kappa shape index (κ2) is 12.6. The molecule has 0 saturated carbocycles. The number of rotatable bonds is 6. The predicted molar refractivity (Wildman–Crippen MR) is 214 cm³/mol. The molecule has 0 aliphatic rings. The molecule has 2 aromatic heterocycles. The molecule has 4 nitrogen and oxygen atoms in total. The van der Waals surface area contributed by atoms with E-state index in [0.717, 1.165) is 61.1 Å². The molecule has 0 fully saturated rings. The van der Waals surface area contributed by atoms with Crippen LogP contribution in [-0.4, -0.2) is 16.1 Å². The van der Waals surface area contributed by atoms with Gasteiger partial charge in [0.05, 0.1) is 16.7 Å². The van der Waals surface area contributed by atoms with Crippen LogP contribution < -0.4 is 0 Å². The second-order valence-corrected chi connectivity index (χ2v) is 12.8. The van der Waals surface area contributed by atoms with Crippen molar-refractivity contribution in [1.29, 1.82) is 0 Å². The zero-order valence-corrected chi connectivity index (χ0v) is 28.1. The van der Waals surface area contributed by atoms with Crippen LogP contribution in [0.15, 0.2) is 191 Å². The molecule has 0 N–H and O–H groups in total. The standard InChI is InChI=1S/C47H33N3O/c1-31(33-14-6-3-7-15-33)48-47(35-18-10-5-11-19-35)49-32(2)36-22-26-41-42-27-24-38(30-46(42)51-45(41)29-36)50-43-21-13-12-20-39(43)40-25-23-37(28-44(40)50)34-16-8-4-9-17-34/h3-30H,1H2,2H3. The first-order valence-corrected chi connectivity index (χ1v) is 17.1. The topological polar surface area (TPSA) is 42.8 Å². The highest BCUT2D eigenvalue weighted by Crippen LogP contribution is 2.37. The summed E-state index contributed by atoms with van der Waals surface area (Å²) in [5, 5.41) is 4.59. The summed E-state index contributed by atoms with van der Waals surface area (Å²) in [6.07, 6.45) is 0. The number of nitrogens with zero attached hydrogens (tertiary/aromatic N) is 3. The lowest BCUT2D eigenvalue weighted by molar-refractivity contribution is 0.668. The molecule has 2 heterocycles. The highest BCUT2D eigenvalue weighted by atomic mass is 16.3. The zero-order valence-electron chi connectivity index (χ0n) is 28.1. The van der Waals surface area contributed by atoms with Crippen molar-refractivity contribution >= 4 is 61.0 Å². The fourth-order valence-corrected chi connectivity index (χ4v) is 6.98. The molecule has 0 aliphatic carbocycles. The van der Waals surface area contributed by atoms with Gasteiger partial charge < -0.3 is 8.98 Å². The number of para-hydroxylation sites is 1. The first-order chi connectivity index (χ1) is 25.1. The fraction of sp³-hybridized carbons (Fsp3) is 0.0213. The van der Waals surface area contributed by atoms with Gasteiger partial charge in [-0.2, -0.15) is 0 Å². The average Bonchev–Trinajstić information content (AvgIpc) is 3.73. The van der Waals surface area contributed by atoms with E-state index in [1.165, 1.54) is 21.9 Å². The van der Waals surface area contributed by atoms with Gasteiger partial charge in [0.2, 0.25) is 0 Å². The number of benzene rings is 7. The highest BCUT2D eigenvalue weighted by molar-refractivity contribution is 6.15. The first kappa shape index (κ1) is 30.3. The summed E-state index contributed by atoms with van der Waals surface area (Å²) in [5.41, 5.74) is 11.8. The Kier molecular flexibility index (Phi) is 7.48. The van der Waals surface area contributed by atoms with Gasteiger partial charge in [0.15, 0.2) is 5.84 Å². The Labute approximate surface area is 296 Å². The van der Waals surface area contributed by atoms with E-state index in [-0.39, 0.29) is 0 Å². The lowest BCUT2D eigenvalue weighted by Gasteiger charge is -2.09. The van der Waals surface area contributed by atoms with Crippen molar-refractivity contribution in [2.75, 3.05) is 0 Å². The third-order valence-corrected chi connectivity index (χ3v) is 9.57. The summed E-state index contributed by atoms with van der Waals surface area (Å²) in [7, 11) is 0. The number of fused-ring (bicyclic) bond motifs is 6. The summed E-state index contributed by atoms with van der Waals surface area (Å²) >= 11 is 0. The zero-order chi connectivity index (χ0) is 34.3. The second-order valence-electron chi connectivity index (χ2n) is 12.8. The maximum atomic E-state index is 6.60. The van der Waals surface area contributed by atoms with Crippen LogP contribution in [0.25, 0.3) is 66.3 Å². The molecule has 9 aromatic rings. The van der Waals surface area contributed by atoms with Crippen LogP contribution in [-0.2, 0) is 0 Å². The van der Waals surface area contributed by atoms with Crippen LogP contribution in [0.1, 0.15) is 23.6 Å². The molecular formula is C47H33N3O. The molecule has 242 valence electrons. The van der Waals surface area contributed by atoms with Gasteiger partial charge >= 0.3 is 0 Å². The van der Waals surface area contributed by atoms with Gasteiger partial charge in [0.1, 0.15) is 11.2 Å². The molecule has 0 radical (unpaired) electrons. The summed E-state index contributed by atoms with van der Waals surface area (Å²) < 4.78 is 8.95. The minimum Gasteiger partial charge on any atom is -0.456 e. The number of hydrogen-bond donors (Lipinski definition) is 0. The number of amidine groups is 1. The first-order valence-electron chi connectivity index (χ1n) is 17.1. The van der Waals surface area contributed by atoms with Gasteiger partial charge in [-0.05, 0) is 65.6 Å². The molecule has 9 rings (SSSR count). The number of hydrogen-bond acceptors (Lipinski definition) is 2. The fourth-order valence-electron chi connectivity index (χ4n) is 6.98.